The molecular weight excluding hydrogens is 935 g/mol. The standard InChI is InChI=1S/C24BF20.C16H16O2S/c26-5-1(6(27)14(35)21(42)13(5)34)25(2-7(28)15(36)22(43)16(37)8(2)29,3-9(30)17(38)23(44)18(39)10(3)31)4-11(32)19(40)24(45)20(41)12(4)33;1-13(17)18-15-7-9-16(10-8-15)19-12-11-14-5-3-2-4-6-14/h;2-10H,11-12H2,1H3/q-1;/p+1. The maximum atomic E-state index is 15.4. The van der Waals surface area contributed by atoms with Gasteiger partial charge in [0.1, 0.15) is 52.7 Å². The molecule has 0 aliphatic rings. The van der Waals surface area contributed by atoms with E-state index in [1.165, 1.54) is 17.4 Å². The Hall–Kier alpha value is -6.20. The molecule has 6 aromatic rings. The molecule has 0 aromatic heterocycles. The van der Waals surface area contributed by atoms with Crippen molar-refractivity contribution < 1.29 is 97.3 Å². The van der Waals surface area contributed by atoms with Crippen LogP contribution in [0.4, 0.5) is 87.8 Å². The van der Waals surface area contributed by atoms with Gasteiger partial charge in [-0.2, -0.15) is 0 Å². The van der Waals surface area contributed by atoms with E-state index in [2.05, 4.69) is 24.3 Å². The van der Waals surface area contributed by atoms with Gasteiger partial charge in [0.05, 0.1) is 6.92 Å². The van der Waals surface area contributed by atoms with Gasteiger partial charge < -0.3 is 4.79 Å². The molecule has 0 heterocycles. The highest BCUT2D eigenvalue weighted by atomic mass is 32.2. The minimum absolute atomic E-state index is 0.0375. The predicted octanol–water partition coefficient (Wildman–Crippen LogP) is 9.77. The van der Waals surface area contributed by atoms with Crippen molar-refractivity contribution in [3.63, 3.8) is 0 Å². The first-order chi connectivity index (χ1) is 29.9. The quantitative estimate of drug-likeness (QED) is 0.0212. The highest BCUT2D eigenvalue weighted by Crippen LogP contribution is 2.31. The fraction of sp³-hybridized carbons (Fsp3) is 0.0750. The van der Waals surface area contributed by atoms with Gasteiger partial charge in [-0.15, -0.1) is 33.6 Å². The molecule has 0 saturated heterocycles. The maximum Gasteiger partial charge on any atom is 0.485 e. The monoisotopic (exact) mass is 952 g/mol. The zero-order valence-electron chi connectivity index (χ0n) is 31.0. The maximum absolute atomic E-state index is 15.4. The smallest absolute Gasteiger partial charge is 0.339 e. The van der Waals surface area contributed by atoms with Gasteiger partial charge in [-0.1, -0.05) is 30.3 Å². The number of hydrogen-bond acceptors (Lipinski definition) is 2. The molecule has 0 atom stereocenters. The number of hydrogen-bond donors (Lipinski definition) is 0. The Bertz CT molecular complexity index is 2430. The summed E-state index contributed by atoms with van der Waals surface area (Å²) >= 11 is 1.82. The SMILES string of the molecule is CC(=[OH+])Oc1ccc(SCCc2ccccc2)cc1.Fc1c(F)c(F)c([B-](c2c(F)c(F)c(F)c(F)c2F)(c2c(F)c(F)c(F)c(F)c2F)c2c(F)c(F)c(F)c(F)c2F)c(F)c1F. The first-order valence-electron chi connectivity index (χ1n) is 17.1. The van der Waals surface area contributed by atoms with Gasteiger partial charge in [-0.05, 0) is 24.1 Å². The number of carbonyl (C=O) groups excluding carboxylic acids is 1. The van der Waals surface area contributed by atoms with Crippen LogP contribution in [0.25, 0.3) is 0 Å². The lowest BCUT2D eigenvalue weighted by atomic mass is 9.12. The van der Waals surface area contributed by atoms with E-state index in [0.29, 0.717) is 5.75 Å². The van der Waals surface area contributed by atoms with Gasteiger partial charge in [0.2, 0.25) is 5.75 Å². The second-order valence-corrected chi connectivity index (χ2v) is 14.1. The van der Waals surface area contributed by atoms with Crippen LogP contribution >= 0.6 is 11.8 Å². The van der Waals surface area contributed by atoms with Crippen LogP contribution in [-0.4, -0.2) is 22.7 Å². The minimum atomic E-state index is -7.22. The highest BCUT2D eigenvalue weighted by molar-refractivity contribution is 7.99. The average molecular weight is 952 g/mol. The largest absolute Gasteiger partial charge is 0.485 e. The third-order valence-electron chi connectivity index (χ3n) is 9.30. The van der Waals surface area contributed by atoms with Gasteiger partial charge in [-0.25, -0.2) is 87.8 Å². The van der Waals surface area contributed by atoms with Crippen LogP contribution in [0.3, 0.4) is 0 Å². The zero-order valence-corrected chi connectivity index (χ0v) is 31.8. The molecule has 0 radical (unpaired) electrons. The normalized spacial score (nSPS) is 11.5. The number of benzene rings is 6. The minimum Gasteiger partial charge on any atom is -0.339 e. The number of rotatable bonds is 9. The molecule has 0 aliphatic heterocycles. The second kappa shape index (κ2) is 18.9. The van der Waals surface area contributed by atoms with E-state index in [1.807, 2.05) is 42.1 Å². The fourth-order valence-electron chi connectivity index (χ4n) is 6.58. The van der Waals surface area contributed by atoms with Crippen LogP contribution in [0, 0.1) is 116 Å². The summed E-state index contributed by atoms with van der Waals surface area (Å²) in [4.78, 5) is 10.2. The summed E-state index contributed by atoms with van der Waals surface area (Å²) in [5, 5.41) is 0. The molecular formula is C40H17BF20O2S. The Morgan fingerprint density at radius 2 is 0.672 bits per heavy atom. The third-order valence-corrected chi connectivity index (χ3v) is 10.3. The second-order valence-electron chi connectivity index (χ2n) is 13.0. The molecule has 0 amide bonds. The Morgan fingerprint density at radius 1 is 0.406 bits per heavy atom. The summed E-state index contributed by atoms with van der Waals surface area (Å²) in [5.41, 5.74) is -13.0. The average Bonchev–Trinajstić information content (AvgIpc) is 3.27. The van der Waals surface area contributed by atoms with Crippen molar-refractivity contribution in [1.29, 1.82) is 0 Å². The van der Waals surface area contributed by atoms with Gasteiger partial charge in [0, 0.05) is 22.8 Å². The number of esters is 1. The van der Waals surface area contributed by atoms with E-state index in [1.54, 1.807) is 0 Å². The summed E-state index contributed by atoms with van der Waals surface area (Å²) < 4.78 is 299. The molecule has 24 heteroatoms. The summed E-state index contributed by atoms with van der Waals surface area (Å²) in [6, 6.07) is 18.2. The van der Waals surface area contributed by atoms with E-state index in [-0.39, 0.29) is 5.97 Å². The van der Waals surface area contributed by atoms with E-state index >= 15 is 35.1 Å². The molecule has 0 saturated carbocycles. The predicted molar refractivity (Wildman–Crippen MR) is 190 cm³/mol. The van der Waals surface area contributed by atoms with E-state index < -0.39 is 144 Å². The van der Waals surface area contributed by atoms with E-state index in [0.717, 1.165) is 12.2 Å². The topological polar surface area (TPSA) is 30.6 Å². The summed E-state index contributed by atoms with van der Waals surface area (Å²) in [7, 11) is 0. The summed E-state index contributed by atoms with van der Waals surface area (Å²) in [5.74, 6) is -69.7. The molecule has 0 bridgehead atoms. The highest BCUT2D eigenvalue weighted by Gasteiger charge is 2.52. The van der Waals surface area contributed by atoms with Crippen molar-refractivity contribution in [2.24, 2.45) is 0 Å². The zero-order chi connectivity index (χ0) is 47.9. The Morgan fingerprint density at radius 3 is 0.938 bits per heavy atom. The lowest BCUT2D eigenvalue weighted by Crippen LogP contribution is -2.81. The van der Waals surface area contributed by atoms with Gasteiger partial charge in [0.15, 0.2) is 69.8 Å². The fourth-order valence-corrected chi connectivity index (χ4v) is 7.48. The number of aryl methyl sites for hydroxylation is 1. The molecule has 338 valence electrons. The molecule has 1 N–H and O–H groups in total. The first kappa shape index (κ1) is 48.8. The number of ether oxygens (including phenoxy) is 1. The van der Waals surface area contributed by atoms with Crippen LogP contribution in [-0.2, 0) is 6.42 Å². The Labute approximate surface area is 349 Å². The van der Waals surface area contributed by atoms with Gasteiger partial charge >= 0.3 is 5.97 Å². The first-order valence-corrected chi connectivity index (χ1v) is 18.1. The number of thioether (sulfide) groups is 1. The van der Waals surface area contributed by atoms with Crippen LogP contribution in [0.15, 0.2) is 59.5 Å². The van der Waals surface area contributed by atoms with Crippen molar-refractivity contribution in [3.05, 3.63) is 177 Å². The van der Waals surface area contributed by atoms with Crippen molar-refractivity contribution in [3.8, 4) is 5.75 Å². The molecule has 64 heavy (non-hydrogen) atoms. The lowest BCUT2D eigenvalue weighted by Gasteiger charge is -2.44. The summed E-state index contributed by atoms with van der Waals surface area (Å²) in [6.45, 7) is 1.52. The van der Waals surface area contributed by atoms with Gasteiger partial charge in [-0.3, -0.25) is 4.74 Å². The number of halogens is 20. The third kappa shape index (κ3) is 8.34. The van der Waals surface area contributed by atoms with Crippen LogP contribution < -0.4 is 26.6 Å². The van der Waals surface area contributed by atoms with Crippen molar-refractivity contribution in [1.82, 2.24) is 0 Å². The van der Waals surface area contributed by atoms with Crippen LogP contribution in [0.5, 0.6) is 5.75 Å². The molecule has 0 unspecified atom stereocenters. The van der Waals surface area contributed by atoms with Crippen molar-refractivity contribution in [2.45, 2.75) is 18.2 Å². The molecule has 0 fully saturated rings. The molecule has 0 aliphatic carbocycles. The molecule has 6 aromatic carbocycles. The molecule has 6 rings (SSSR count). The van der Waals surface area contributed by atoms with Gasteiger partial charge in [0.25, 0.3) is 0 Å². The molecule has 0 spiro atoms. The van der Waals surface area contributed by atoms with E-state index in [4.69, 9.17) is 9.53 Å². The van der Waals surface area contributed by atoms with Crippen LogP contribution in [0.1, 0.15) is 12.5 Å². The van der Waals surface area contributed by atoms with E-state index in [9.17, 15) is 52.7 Å². The lowest BCUT2D eigenvalue weighted by molar-refractivity contribution is 0.378. The van der Waals surface area contributed by atoms with Crippen molar-refractivity contribution >= 4 is 45.7 Å². The molecule has 2 nitrogen and oxygen atoms in total. The van der Waals surface area contributed by atoms with Crippen LogP contribution in [0.2, 0.25) is 0 Å². The Balaban J connectivity index is 0.000000337. The van der Waals surface area contributed by atoms with Crippen molar-refractivity contribution in [2.75, 3.05) is 5.75 Å². The summed E-state index contributed by atoms with van der Waals surface area (Å²) in [6.07, 6.45) is -6.15. The Kier molecular flexibility index (Phi) is 14.4.